The lowest BCUT2D eigenvalue weighted by atomic mass is 10.2. The molecule has 0 bridgehead atoms. The molecule has 1 unspecified atom stereocenters. The van der Waals surface area contributed by atoms with Crippen LogP contribution in [0.3, 0.4) is 0 Å². The number of hydrogen-bond donors (Lipinski definition) is 1. The molecular weight excluding hydrogens is 454 g/mol. The molecule has 2 fully saturated rings. The molecule has 1 N–H and O–H groups in total. The molecule has 0 aliphatic carbocycles. The molecule has 1 aromatic heterocycles. The van der Waals surface area contributed by atoms with Crippen LogP contribution < -0.4 is 15.1 Å². The van der Waals surface area contributed by atoms with E-state index < -0.39 is 0 Å². The number of cyclic esters (lactones) is 1. The van der Waals surface area contributed by atoms with Crippen LogP contribution in [-0.2, 0) is 30.3 Å². The number of benzene rings is 1. The smallest absolute Gasteiger partial charge is 0.325 e. The number of thiophene rings is 1. The Morgan fingerprint density at radius 2 is 1.94 bits per heavy atom. The van der Waals surface area contributed by atoms with Gasteiger partial charge >= 0.3 is 5.97 Å². The summed E-state index contributed by atoms with van der Waals surface area (Å²) in [6.45, 7) is 4.24. The quantitative estimate of drug-likeness (QED) is 0.506. The van der Waals surface area contributed by atoms with Crippen LogP contribution in [0.15, 0.2) is 36.4 Å². The monoisotopic (exact) mass is 479 g/mol. The van der Waals surface area contributed by atoms with E-state index in [0.29, 0.717) is 26.1 Å². The Morgan fingerprint density at radius 3 is 2.53 bits per heavy atom. The molecule has 0 spiro atoms. The summed E-state index contributed by atoms with van der Waals surface area (Å²) in [5, 5.41) is 2.53. The third kappa shape index (κ3) is 6.69. The average molecular weight is 480 g/mol. The maximum Gasteiger partial charge on any atom is 0.325 e. The van der Waals surface area contributed by atoms with Crippen molar-refractivity contribution in [2.75, 3.05) is 49.2 Å². The Morgan fingerprint density at radius 1 is 1.19 bits per heavy atom. The summed E-state index contributed by atoms with van der Waals surface area (Å²) in [5.74, 6) is -0.387. The Labute approximate surface area is 196 Å². The largest absolute Gasteiger partial charge is 0.457 e. The van der Waals surface area contributed by atoms with Crippen molar-refractivity contribution in [1.29, 1.82) is 0 Å². The van der Waals surface area contributed by atoms with Crippen molar-refractivity contribution < 1.29 is 23.9 Å². The zero-order valence-electron chi connectivity index (χ0n) is 17.8. The predicted molar refractivity (Wildman–Crippen MR) is 124 cm³/mol. The average Bonchev–Trinajstić information content (AvgIpc) is 3.24. The van der Waals surface area contributed by atoms with Gasteiger partial charge in [0.1, 0.15) is 19.3 Å². The molecule has 2 saturated heterocycles. The molecule has 8 nitrogen and oxygen atoms in total. The van der Waals surface area contributed by atoms with Crippen molar-refractivity contribution in [3.8, 4) is 0 Å². The minimum absolute atomic E-state index is 0.0597. The van der Waals surface area contributed by atoms with Gasteiger partial charge in [-0.3, -0.25) is 14.4 Å². The Bertz CT molecular complexity index is 921. The fourth-order valence-corrected chi connectivity index (χ4v) is 4.41. The number of morpholine rings is 2. The van der Waals surface area contributed by atoms with Gasteiger partial charge in [0.05, 0.1) is 24.0 Å². The highest BCUT2D eigenvalue weighted by molar-refractivity contribution is 7.16. The lowest BCUT2D eigenvalue weighted by Gasteiger charge is -2.34. The van der Waals surface area contributed by atoms with Crippen molar-refractivity contribution in [1.82, 2.24) is 5.32 Å². The molecule has 3 heterocycles. The Hall–Kier alpha value is -2.62. The van der Waals surface area contributed by atoms with Crippen LogP contribution in [0, 0.1) is 0 Å². The van der Waals surface area contributed by atoms with Crippen LogP contribution in [0.25, 0.3) is 0 Å². The molecule has 10 heteroatoms. The minimum atomic E-state index is -0.378. The first-order valence-corrected chi connectivity index (χ1v) is 11.5. The van der Waals surface area contributed by atoms with Gasteiger partial charge in [-0.05, 0) is 42.8 Å². The molecule has 2 aliphatic rings. The Kier molecular flexibility index (Phi) is 8.90. The van der Waals surface area contributed by atoms with Crippen LogP contribution in [-0.4, -0.2) is 63.8 Å². The summed E-state index contributed by atoms with van der Waals surface area (Å²) in [6, 6.07) is 11.5. The first kappa shape index (κ1) is 24.0. The zero-order valence-corrected chi connectivity index (χ0v) is 19.4. The van der Waals surface area contributed by atoms with Crippen LogP contribution in [0.5, 0.6) is 0 Å². The molecule has 32 heavy (non-hydrogen) atoms. The van der Waals surface area contributed by atoms with Gasteiger partial charge in [-0.15, -0.1) is 11.3 Å². The standard InChI is InChI=1S/C16H19N3O5.C6H7ClS/c20-11-17-7-14-8-18(9-16(22)24-14)12-1-3-13(4-2-12)19-5-6-23-10-15(19)21;1-2-5-3-4-6(7)8-5/h1-4,11,14H,5-10H2,(H,17,20);3-4H,2H2,1H3. The number of amides is 2. The van der Waals surface area contributed by atoms with Crippen LogP contribution in [0.2, 0.25) is 4.34 Å². The number of esters is 1. The van der Waals surface area contributed by atoms with Crippen molar-refractivity contribution in [2.45, 2.75) is 19.4 Å². The van der Waals surface area contributed by atoms with Gasteiger partial charge in [0.15, 0.2) is 0 Å². The van der Waals surface area contributed by atoms with Crippen molar-refractivity contribution >= 4 is 52.6 Å². The minimum Gasteiger partial charge on any atom is -0.457 e. The van der Waals surface area contributed by atoms with E-state index in [1.165, 1.54) is 4.88 Å². The number of nitrogens with zero attached hydrogens (tertiary/aromatic N) is 2. The van der Waals surface area contributed by atoms with E-state index in [2.05, 4.69) is 18.3 Å². The van der Waals surface area contributed by atoms with E-state index >= 15 is 0 Å². The van der Waals surface area contributed by atoms with E-state index in [0.717, 1.165) is 22.1 Å². The summed E-state index contributed by atoms with van der Waals surface area (Å²) >= 11 is 7.31. The molecule has 4 rings (SSSR count). The van der Waals surface area contributed by atoms with Crippen LogP contribution in [0.4, 0.5) is 11.4 Å². The summed E-state index contributed by atoms with van der Waals surface area (Å²) in [5.41, 5.74) is 1.68. The van der Waals surface area contributed by atoms with E-state index in [1.54, 1.807) is 16.2 Å². The Balaban J connectivity index is 0.000000305. The first-order valence-electron chi connectivity index (χ1n) is 10.3. The molecule has 1 aromatic carbocycles. The zero-order chi connectivity index (χ0) is 22.9. The van der Waals surface area contributed by atoms with Crippen molar-refractivity contribution in [3.05, 3.63) is 45.6 Å². The van der Waals surface area contributed by atoms with Crippen molar-refractivity contribution in [3.63, 3.8) is 0 Å². The summed E-state index contributed by atoms with van der Waals surface area (Å²) in [6.07, 6.45) is 1.30. The molecule has 0 radical (unpaired) electrons. The fourth-order valence-electron chi connectivity index (χ4n) is 3.39. The summed E-state index contributed by atoms with van der Waals surface area (Å²) < 4.78 is 11.2. The molecule has 0 saturated carbocycles. The second-order valence-corrected chi connectivity index (χ2v) is 8.99. The number of carbonyl (C=O) groups excluding carboxylic acids is 3. The molecule has 2 aliphatic heterocycles. The van der Waals surface area contributed by atoms with Crippen LogP contribution >= 0.6 is 22.9 Å². The third-order valence-electron chi connectivity index (χ3n) is 4.96. The molecule has 2 aromatic rings. The van der Waals surface area contributed by atoms with E-state index in [9.17, 15) is 14.4 Å². The third-order valence-corrected chi connectivity index (χ3v) is 6.34. The number of carbonyl (C=O) groups is 3. The molecule has 172 valence electrons. The fraction of sp³-hybridized carbons (Fsp3) is 0.409. The van der Waals surface area contributed by atoms with Gasteiger partial charge in [-0.1, -0.05) is 18.5 Å². The van der Waals surface area contributed by atoms with Gasteiger partial charge < -0.3 is 24.6 Å². The molecule has 2 amide bonds. The number of halogens is 1. The van der Waals surface area contributed by atoms with E-state index in [1.807, 2.05) is 35.2 Å². The van der Waals surface area contributed by atoms with Gasteiger partial charge in [-0.25, -0.2) is 0 Å². The van der Waals surface area contributed by atoms with Gasteiger partial charge in [0, 0.05) is 22.8 Å². The van der Waals surface area contributed by atoms with Gasteiger partial charge in [-0.2, -0.15) is 0 Å². The second kappa shape index (κ2) is 11.8. The second-order valence-electron chi connectivity index (χ2n) is 7.19. The predicted octanol–water partition coefficient (Wildman–Crippen LogP) is 2.49. The van der Waals surface area contributed by atoms with Crippen LogP contribution in [0.1, 0.15) is 11.8 Å². The number of hydrogen-bond acceptors (Lipinski definition) is 7. The number of anilines is 2. The summed E-state index contributed by atoms with van der Waals surface area (Å²) in [7, 11) is 0. The normalized spacial score (nSPS) is 18.5. The molecular formula is C22H26ClN3O5S. The summed E-state index contributed by atoms with van der Waals surface area (Å²) in [4.78, 5) is 38.9. The maximum absolute atomic E-state index is 11.9. The highest BCUT2D eigenvalue weighted by Gasteiger charge is 2.27. The van der Waals surface area contributed by atoms with Gasteiger partial charge in [0.2, 0.25) is 6.41 Å². The van der Waals surface area contributed by atoms with Gasteiger partial charge in [0.25, 0.3) is 5.91 Å². The lowest BCUT2D eigenvalue weighted by molar-refractivity contribution is -0.149. The molecule has 1 atom stereocenters. The van der Waals surface area contributed by atoms with Crippen molar-refractivity contribution in [2.24, 2.45) is 0 Å². The highest BCUT2D eigenvalue weighted by Crippen LogP contribution is 2.24. The number of aryl methyl sites for hydroxylation is 1. The maximum atomic E-state index is 11.9. The van der Waals surface area contributed by atoms with E-state index in [-0.39, 0.29) is 37.7 Å². The lowest BCUT2D eigenvalue weighted by Crippen LogP contribution is -2.49. The number of nitrogens with one attached hydrogen (secondary N) is 1. The first-order chi connectivity index (χ1) is 15.5. The highest BCUT2D eigenvalue weighted by atomic mass is 35.5. The SMILES string of the molecule is CCc1ccc(Cl)s1.O=CNCC1CN(c2ccc(N3CCOCC3=O)cc2)CC(=O)O1. The number of ether oxygens (including phenoxy) is 2. The number of rotatable bonds is 6. The van der Waals surface area contributed by atoms with E-state index in [4.69, 9.17) is 21.1 Å². The topological polar surface area (TPSA) is 88.2 Å².